The van der Waals surface area contributed by atoms with Crippen LogP contribution in [-0.2, 0) is 20.9 Å². The smallest absolute Gasteiger partial charge is 0.278 e. The summed E-state index contributed by atoms with van der Waals surface area (Å²) in [6, 6.07) is 10.7. The first-order valence-electron chi connectivity index (χ1n) is 10.6. The van der Waals surface area contributed by atoms with Crippen molar-refractivity contribution in [3.05, 3.63) is 59.5 Å². The minimum absolute atomic E-state index is 0.0642. The Labute approximate surface area is 187 Å². The molecule has 0 aliphatic carbocycles. The number of aromatic nitrogens is 1. The maximum atomic E-state index is 13.6. The average molecular weight is 437 g/mol. The summed E-state index contributed by atoms with van der Waals surface area (Å²) >= 11 is 0. The number of methoxy groups -OCH3 is 2. The Hall–Kier alpha value is -3.39. The molecule has 0 N–H and O–H groups in total. The van der Waals surface area contributed by atoms with Gasteiger partial charge in [0.2, 0.25) is 0 Å². The van der Waals surface area contributed by atoms with E-state index in [0.29, 0.717) is 47.1 Å². The lowest BCUT2D eigenvalue weighted by Gasteiger charge is -2.37. The van der Waals surface area contributed by atoms with Crippen LogP contribution in [0.25, 0.3) is 5.57 Å². The Bertz CT molecular complexity index is 1040. The Kier molecular flexibility index (Phi) is 6.14. The number of rotatable bonds is 6. The van der Waals surface area contributed by atoms with Crippen molar-refractivity contribution in [2.45, 2.75) is 32.6 Å². The molecule has 168 valence electrons. The lowest BCUT2D eigenvalue weighted by molar-refractivity contribution is -0.139. The van der Waals surface area contributed by atoms with Gasteiger partial charge in [0.1, 0.15) is 5.70 Å². The van der Waals surface area contributed by atoms with Gasteiger partial charge in [-0.25, -0.2) is 0 Å². The molecule has 2 aliphatic heterocycles. The lowest BCUT2D eigenvalue weighted by atomic mass is 10.0. The third-order valence-corrected chi connectivity index (χ3v) is 5.60. The van der Waals surface area contributed by atoms with E-state index < -0.39 is 0 Å². The molecule has 1 aromatic heterocycles. The Morgan fingerprint density at radius 3 is 2.34 bits per heavy atom. The van der Waals surface area contributed by atoms with E-state index in [-0.39, 0.29) is 30.6 Å². The molecule has 2 aromatic rings. The number of carbonyl (C=O) groups excluding carboxylic acids is 2. The van der Waals surface area contributed by atoms with Crippen molar-refractivity contribution in [3.8, 4) is 11.5 Å². The average Bonchev–Trinajstić information content (AvgIpc) is 3.03. The minimum Gasteiger partial charge on any atom is -0.493 e. The molecule has 1 aromatic carbocycles. The maximum Gasteiger partial charge on any atom is 0.278 e. The molecule has 3 heterocycles. The normalized spacial score (nSPS) is 21.4. The Balaban J connectivity index is 1.79. The van der Waals surface area contributed by atoms with Gasteiger partial charge in [-0.05, 0) is 43.7 Å². The van der Waals surface area contributed by atoms with Crippen LogP contribution in [0.1, 0.15) is 25.1 Å². The van der Waals surface area contributed by atoms with Crippen LogP contribution >= 0.6 is 0 Å². The minimum atomic E-state index is -0.352. The van der Waals surface area contributed by atoms with Crippen LogP contribution in [0.5, 0.6) is 11.5 Å². The van der Waals surface area contributed by atoms with Crippen molar-refractivity contribution in [3.63, 3.8) is 0 Å². The highest BCUT2D eigenvalue weighted by atomic mass is 16.5. The molecule has 2 atom stereocenters. The molecule has 0 radical (unpaired) electrons. The van der Waals surface area contributed by atoms with Crippen LogP contribution < -0.4 is 9.47 Å². The van der Waals surface area contributed by atoms with Crippen LogP contribution in [0, 0.1) is 0 Å². The third-order valence-electron chi connectivity index (χ3n) is 5.60. The summed E-state index contributed by atoms with van der Waals surface area (Å²) < 4.78 is 16.6. The first-order chi connectivity index (χ1) is 15.4. The van der Waals surface area contributed by atoms with Crippen molar-refractivity contribution in [2.75, 3.05) is 27.3 Å². The molecule has 2 amide bonds. The van der Waals surface area contributed by atoms with Crippen LogP contribution in [-0.4, -0.2) is 66.1 Å². The van der Waals surface area contributed by atoms with Crippen molar-refractivity contribution < 1.29 is 23.8 Å². The number of imide groups is 1. The molecule has 0 spiro atoms. The van der Waals surface area contributed by atoms with Crippen molar-refractivity contribution in [1.29, 1.82) is 0 Å². The largest absolute Gasteiger partial charge is 0.493 e. The van der Waals surface area contributed by atoms with E-state index in [2.05, 4.69) is 4.98 Å². The van der Waals surface area contributed by atoms with Crippen LogP contribution in [0.3, 0.4) is 0 Å². The summed E-state index contributed by atoms with van der Waals surface area (Å²) in [5.41, 5.74) is 1.99. The number of hydrogen-bond acceptors (Lipinski definition) is 7. The fourth-order valence-corrected chi connectivity index (χ4v) is 4.27. The fourth-order valence-electron chi connectivity index (χ4n) is 4.27. The molecule has 0 saturated carbocycles. The second kappa shape index (κ2) is 9.00. The number of hydrogen-bond donors (Lipinski definition) is 0. The first kappa shape index (κ1) is 21.8. The first-order valence-corrected chi connectivity index (χ1v) is 10.6. The predicted octanol–water partition coefficient (Wildman–Crippen LogP) is 2.49. The summed E-state index contributed by atoms with van der Waals surface area (Å²) in [7, 11) is 3.09. The highest BCUT2D eigenvalue weighted by Gasteiger charge is 2.43. The molecule has 8 nitrogen and oxygen atoms in total. The van der Waals surface area contributed by atoms with Crippen LogP contribution in [0.4, 0.5) is 0 Å². The molecule has 2 aliphatic rings. The molecule has 1 fully saturated rings. The highest BCUT2D eigenvalue weighted by molar-refractivity contribution is 6.35. The zero-order valence-corrected chi connectivity index (χ0v) is 18.7. The summed E-state index contributed by atoms with van der Waals surface area (Å²) in [6.07, 6.45) is 1.52. The molecule has 0 bridgehead atoms. The molecule has 32 heavy (non-hydrogen) atoms. The van der Waals surface area contributed by atoms with E-state index >= 15 is 0 Å². The van der Waals surface area contributed by atoms with Gasteiger partial charge in [-0.1, -0.05) is 12.1 Å². The lowest BCUT2D eigenvalue weighted by Crippen LogP contribution is -2.46. The summed E-state index contributed by atoms with van der Waals surface area (Å²) in [6.45, 7) is 5.08. The van der Waals surface area contributed by atoms with Gasteiger partial charge >= 0.3 is 0 Å². The number of pyridine rings is 1. The highest BCUT2D eigenvalue weighted by Crippen LogP contribution is 2.37. The number of ether oxygens (including phenoxy) is 3. The van der Waals surface area contributed by atoms with Crippen molar-refractivity contribution in [2.24, 2.45) is 0 Å². The SMILES string of the molecule is COc1ccc(C2=C(N3CC(C)OC(C)C3)C(=O)N(Cc3ccccn3)C2=O)cc1OC. The zero-order valence-electron chi connectivity index (χ0n) is 18.7. The number of amides is 2. The molecule has 4 rings (SSSR count). The number of nitrogens with zero attached hydrogens (tertiary/aromatic N) is 3. The van der Waals surface area contributed by atoms with E-state index in [1.165, 1.54) is 12.0 Å². The summed E-state index contributed by atoms with van der Waals surface area (Å²) in [5, 5.41) is 0. The Morgan fingerprint density at radius 2 is 1.72 bits per heavy atom. The van der Waals surface area contributed by atoms with Gasteiger partial charge in [-0.3, -0.25) is 19.5 Å². The monoisotopic (exact) mass is 437 g/mol. The van der Waals surface area contributed by atoms with Gasteiger partial charge in [-0.2, -0.15) is 0 Å². The van der Waals surface area contributed by atoms with Crippen molar-refractivity contribution >= 4 is 17.4 Å². The van der Waals surface area contributed by atoms with Gasteiger partial charge in [0.25, 0.3) is 11.8 Å². The molecular weight excluding hydrogens is 410 g/mol. The molecule has 2 unspecified atom stereocenters. The van der Waals surface area contributed by atoms with Crippen LogP contribution in [0.2, 0.25) is 0 Å². The molecule has 1 saturated heterocycles. The predicted molar refractivity (Wildman–Crippen MR) is 118 cm³/mol. The van der Waals surface area contributed by atoms with Gasteiger partial charge in [-0.15, -0.1) is 0 Å². The summed E-state index contributed by atoms with van der Waals surface area (Å²) in [5.74, 6) is 0.361. The van der Waals surface area contributed by atoms with Gasteiger partial charge in [0.15, 0.2) is 11.5 Å². The molecule has 8 heteroatoms. The van der Waals surface area contributed by atoms with E-state index in [9.17, 15) is 9.59 Å². The topological polar surface area (TPSA) is 81.2 Å². The van der Waals surface area contributed by atoms with E-state index in [1.807, 2.05) is 24.8 Å². The third kappa shape index (κ3) is 4.05. The van der Waals surface area contributed by atoms with Crippen LogP contribution in [0.15, 0.2) is 48.3 Å². The van der Waals surface area contributed by atoms with E-state index in [4.69, 9.17) is 14.2 Å². The number of carbonyl (C=O) groups is 2. The van der Waals surface area contributed by atoms with Gasteiger partial charge in [0.05, 0.1) is 44.2 Å². The van der Waals surface area contributed by atoms with E-state index in [0.717, 1.165) is 0 Å². The molecular formula is C24H27N3O5. The van der Waals surface area contributed by atoms with E-state index in [1.54, 1.807) is 43.6 Å². The second-order valence-electron chi connectivity index (χ2n) is 7.97. The quantitative estimate of drug-likeness (QED) is 0.642. The second-order valence-corrected chi connectivity index (χ2v) is 7.97. The zero-order chi connectivity index (χ0) is 22.8. The fraction of sp³-hybridized carbons (Fsp3) is 0.375. The van der Waals surface area contributed by atoms with Crippen molar-refractivity contribution in [1.82, 2.24) is 14.8 Å². The van der Waals surface area contributed by atoms with Gasteiger partial charge < -0.3 is 19.1 Å². The Morgan fingerprint density at radius 1 is 1.00 bits per heavy atom. The summed E-state index contributed by atoms with van der Waals surface area (Å²) in [4.78, 5) is 34.7. The van der Waals surface area contributed by atoms with Gasteiger partial charge in [0, 0.05) is 19.3 Å². The number of benzene rings is 1. The standard InChI is InChI=1S/C24H27N3O5/c1-15-12-26(13-16(2)32-15)22-21(17-8-9-19(30-3)20(11-17)31-4)23(28)27(24(22)29)14-18-7-5-6-10-25-18/h5-11,15-16H,12-14H2,1-4H3. The number of morpholine rings is 1. The maximum absolute atomic E-state index is 13.6.